The molecule has 17 heavy (non-hydrogen) atoms. The smallest absolute Gasteiger partial charge is 0.178 e. The number of Topliss-reactive ketones (excluding diaryl/α,β-unsaturated/α-hetero) is 1. The molecule has 1 aromatic carbocycles. The number of carbonyl (C=O) groups is 1. The highest BCUT2D eigenvalue weighted by Gasteiger charge is 2.14. The number of benzene rings is 1. The van der Waals surface area contributed by atoms with Crippen LogP contribution >= 0.6 is 0 Å². The molecule has 0 unspecified atom stereocenters. The third-order valence-corrected chi connectivity index (χ3v) is 4.44. The SMILES string of the molecule is CCCCS(=O)(=O)c1ccc(C(=O)CC)cc1. The summed E-state index contributed by atoms with van der Waals surface area (Å²) in [6.07, 6.45) is 1.95. The summed E-state index contributed by atoms with van der Waals surface area (Å²) in [5.41, 5.74) is 0.571. The Bertz CT molecular complexity index is 472. The van der Waals surface area contributed by atoms with Crippen LogP contribution in [-0.2, 0) is 9.84 Å². The molecule has 0 spiro atoms. The highest BCUT2D eigenvalue weighted by atomic mass is 32.2. The molecule has 0 amide bonds. The second-order valence-electron chi connectivity index (χ2n) is 3.97. The first-order chi connectivity index (χ1) is 8.01. The van der Waals surface area contributed by atoms with Gasteiger partial charge in [0.05, 0.1) is 10.6 Å². The van der Waals surface area contributed by atoms with Crippen molar-refractivity contribution in [2.45, 2.75) is 38.0 Å². The number of hydrogen-bond donors (Lipinski definition) is 0. The Labute approximate surface area is 103 Å². The molecule has 1 rings (SSSR count). The van der Waals surface area contributed by atoms with Gasteiger partial charge in [-0.05, 0) is 18.6 Å². The van der Waals surface area contributed by atoms with Gasteiger partial charge >= 0.3 is 0 Å². The van der Waals surface area contributed by atoms with Gasteiger partial charge in [0.1, 0.15) is 0 Å². The molecule has 0 heterocycles. The van der Waals surface area contributed by atoms with E-state index < -0.39 is 9.84 Å². The fourth-order valence-corrected chi connectivity index (χ4v) is 2.96. The Morgan fingerprint density at radius 1 is 1.12 bits per heavy atom. The zero-order valence-electron chi connectivity index (χ0n) is 10.3. The predicted octanol–water partition coefficient (Wildman–Crippen LogP) is 2.85. The van der Waals surface area contributed by atoms with Crippen LogP contribution in [0.1, 0.15) is 43.5 Å². The van der Waals surface area contributed by atoms with Crippen molar-refractivity contribution < 1.29 is 13.2 Å². The van der Waals surface area contributed by atoms with Crippen LogP contribution in [0.3, 0.4) is 0 Å². The molecule has 0 aliphatic carbocycles. The van der Waals surface area contributed by atoms with Crippen molar-refractivity contribution in [3.8, 4) is 0 Å². The highest BCUT2D eigenvalue weighted by molar-refractivity contribution is 7.91. The van der Waals surface area contributed by atoms with Crippen molar-refractivity contribution in [1.82, 2.24) is 0 Å². The maximum absolute atomic E-state index is 11.9. The predicted molar refractivity (Wildman–Crippen MR) is 68.0 cm³/mol. The highest BCUT2D eigenvalue weighted by Crippen LogP contribution is 2.14. The summed E-state index contributed by atoms with van der Waals surface area (Å²) in [5.74, 6) is 0.201. The summed E-state index contributed by atoms with van der Waals surface area (Å²) in [6, 6.07) is 6.22. The molecule has 1 aromatic rings. The Hall–Kier alpha value is -1.16. The van der Waals surface area contributed by atoms with E-state index in [4.69, 9.17) is 0 Å². The molecule has 0 aliphatic heterocycles. The average molecular weight is 254 g/mol. The summed E-state index contributed by atoms with van der Waals surface area (Å²) in [7, 11) is -3.18. The molecule has 0 atom stereocenters. The lowest BCUT2D eigenvalue weighted by atomic mass is 10.1. The minimum atomic E-state index is -3.18. The molecular formula is C13H18O3S. The van der Waals surface area contributed by atoms with Gasteiger partial charge in [0.15, 0.2) is 15.6 Å². The Kier molecular flexibility index (Phi) is 4.87. The van der Waals surface area contributed by atoms with Crippen LogP contribution in [0.2, 0.25) is 0 Å². The fourth-order valence-electron chi connectivity index (χ4n) is 1.50. The molecule has 0 aromatic heterocycles. The first-order valence-electron chi connectivity index (χ1n) is 5.87. The van der Waals surface area contributed by atoms with Crippen molar-refractivity contribution in [1.29, 1.82) is 0 Å². The summed E-state index contributed by atoms with van der Waals surface area (Å²) < 4.78 is 23.7. The van der Waals surface area contributed by atoms with Crippen LogP contribution in [0.4, 0.5) is 0 Å². The molecule has 4 heteroatoms. The molecule has 0 fully saturated rings. The van der Waals surface area contributed by atoms with Gasteiger partial charge in [0.2, 0.25) is 0 Å². The van der Waals surface area contributed by atoms with Crippen LogP contribution in [-0.4, -0.2) is 20.0 Å². The molecular weight excluding hydrogens is 236 g/mol. The number of rotatable bonds is 6. The molecule has 0 saturated heterocycles. The second kappa shape index (κ2) is 5.96. The van der Waals surface area contributed by atoms with E-state index in [0.29, 0.717) is 23.3 Å². The quantitative estimate of drug-likeness (QED) is 0.733. The van der Waals surface area contributed by atoms with Crippen LogP contribution in [0.15, 0.2) is 29.2 Å². The van der Waals surface area contributed by atoms with Crippen molar-refractivity contribution in [3.63, 3.8) is 0 Å². The lowest BCUT2D eigenvalue weighted by molar-refractivity contribution is 0.0988. The average Bonchev–Trinajstić information content (AvgIpc) is 2.35. The van der Waals surface area contributed by atoms with Crippen LogP contribution in [0, 0.1) is 0 Å². The maximum Gasteiger partial charge on any atom is 0.178 e. The Balaban J connectivity index is 2.91. The van der Waals surface area contributed by atoms with Gasteiger partial charge in [-0.3, -0.25) is 4.79 Å². The number of ketones is 1. The summed E-state index contributed by atoms with van der Waals surface area (Å²) >= 11 is 0. The van der Waals surface area contributed by atoms with Crippen LogP contribution in [0.25, 0.3) is 0 Å². The lowest BCUT2D eigenvalue weighted by Gasteiger charge is -2.04. The standard InChI is InChI=1S/C13H18O3S/c1-3-5-10-17(15,16)12-8-6-11(7-9-12)13(14)4-2/h6-9H,3-5,10H2,1-2H3. The summed E-state index contributed by atoms with van der Waals surface area (Å²) in [6.45, 7) is 3.74. The van der Waals surface area contributed by atoms with E-state index in [1.165, 1.54) is 12.1 Å². The zero-order valence-corrected chi connectivity index (χ0v) is 11.1. The van der Waals surface area contributed by atoms with Gasteiger partial charge in [-0.2, -0.15) is 0 Å². The lowest BCUT2D eigenvalue weighted by Crippen LogP contribution is -2.07. The number of carbonyl (C=O) groups excluding carboxylic acids is 1. The third kappa shape index (κ3) is 3.66. The van der Waals surface area contributed by atoms with Crippen molar-refractivity contribution in [3.05, 3.63) is 29.8 Å². The second-order valence-corrected chi connectivity index (χ2v) is 6.08. The summed E-state index contributed by atoms with van der Waals surface area (Å²) in [5, 5.41) is 0. The van der Waals surface area contributed by atoms with E-state index in [0.717, 1.165) is 6.42 Å². The first-order valence-corrected chi connectivity index (χ1v) is 7.52. The molecule has 94 valence electrons. The normalized spacial score (nSPS) is 11.4. The van der Waals surface area contributed by atoms with Gasteiger partial charge < -0.3 is 0 Å². The van der Waals surface area contributed by atoms with E-state index in [9.17, 15) is 13.2 Å². The van der Waals surface area contributed by atoms with E-state index in [2.05, 4.69) is 0 Å². The largest absolute Gasteiger partial charge is 0.294 e. The van der Waals surface area contributed by atoms with Crippen LogP contribution in [0.5, 0.6) is 0 Å². The van der Waals surface area contributed by atoms with Crippen molar-refractivity contribution in [2.75, 3.05) is 5.75 Å². The van der Waals surface area contributed by atoms with Crippen molar-refractivity contribution >= 4 is 15.6 Å². The van der Waals surface area contributed by atoms with E-state index in [-0.39, 0.29) is 11.5 Å². The number of unbranched alkanes of at least 4 members (excludes halogenated alkanes) is 1. The topological polar surface area (TPSA) is 51.2 Å². The molecule has 0 aliphatic rings. The summed E-state index contributed by atoms with van der Waals surface area (Å²) in [4.78, 5) is 11.7. The third-order valence-electron chi connectivity index (χ3n) is 2.62. The monoisotopic (exact) mass is 254 g/mol. The van der Waals surface area contributed by atoms with Gasteiger partial charge in [0.25, 0.3) is 0 Å². The minimum Gasteiger partial charge on any atom is -0.294 e. The van der Waals surface area contributed by atoms with Gasteiger partial charge in [-0.1, -0.05) is 32.4 Å². The molecule has 0 N–H and O–H groups in total. The van der Waals surface area contributed by atoms with E-state index >= 15 is 0 Å². The molecule has 0 radical (unpaired) electrons. The van der Waals surface area contributed by atoms with E-state index in [1.807, 2.05) is 6.92 Å². The minimum absolute atomic E-state index is 0.0301. The number of hydrogen-bond acceptors (Lipinski definition) is 3. The Morgan fingerprint density at radius 3 is 2.18 bits per heavy atom. The molecule has 0 bridgehead atoms. The maximum atomic E-state index is 11.9. The number of sulfone groups is 1. The van der Waals surface area contributed by atoms with Crippen LogP contribution < -0.4 is 0 Å². The molecule has 0 saturated carbocycles. The Morgan fingerprint density at radius 2 is 1.71 bits per heavy atom. The van der Waals surface area contributed by atoms with Gasteiger partial charge in [-0.25, -0.2) is 8.42 Å². The van der Waals surface area contributed by atoms with E-state index in [1.54, 1.807) is 19.1 Å². The first kappa shape index (κ1) is 13.9. The molecule has 3 nitrogen and oxygen atoms in total. The zero-order chi connectivity index (χ0) is 12.9. The van der Waals surface area contributed by atoms with Crippen molar-refractivity contribution in [2.24, 2.45) is 0 Å². The fraction of sp³-hybridized carbons (Fsp3) is 0.462. The van der Waals surface area contributed by atoms with Gasteiger partial charge in [-0.15, -0.1) is 0 Å². The van der Waals surface area contributed by atoms with Gasteiger partial charge in [0, 0.05) is 12.0 Å².